The van der Waals surface area contributed by atoms with E-state index in [9.17, 15) is 4.79 Å². The maximum atomic E-state index is 10.8. The lowest BCUT2D eigenvalue weighted by Gasteiger charge is -2.30. The Morgan fingerprint density at radius 2 is 1.80 bits per heavy atom. The first-order chi connectivity index (χ1) is 7.17. The summed E-state index contributed by atoms with van der Waals surface area (Å²) in [4.78, 5) is 10.8. The van der Waals surface area contributed by atoms with E-state index in [-0.39, 0.29) is 5.92 Å². The first-order valence-electron chi connectivity index (χ1n) is 6.16. The monoisotopic (exact) mass is 213 g/mol. The van der Waals surface area contributed by atoms with E-state index >= 15 is 0 Å². The minimum Gasteiger partial charge on any atom is -0.481 e. The van der Waals surface area contributed by atoms with E-state index in [0.29, 0.717) is 12.1 Å². The van der Waals surface area contributed by atoms with Gasteiger partial charge in [0.25, 0.3) is 0 Å². The number of rotatable bonds is 5. The van der Waals surface area contributed by atoms with Gasteiger partial charge >= 0.3 is 5.97 Å². The van der Waals surface area contributed by atoms with Gasteiger partial charge in [-0.05, 0) is 38.5 Å². The molecule has 1 rings (SSSR count). The summed E-state index contributed by atoms with van der Waals surface area (Å²) in [6.45, 7) is 4.40. The molecular weight excluding hydrogens is 190 g/mol. The smallest absolute Gasteiger partial charge is 0.306 e. The van der Waals surface area contributed by atoms with Crippen LogP contribution >= 0.6 is 0 Å². The summed E-state index contributed by atoms with van der Waals surface area (Å²) in [5.74, 6) is -0.708. The van der Waals surface area contributed by atoms with Crippen molar-refractivity contribution in [3.63, 3.8) is 0 Å². The Balaban J connectivity index is 2.28. The highest BCUT2D eigenvalue weighted by Crippen LogP contribution is 2.25. The first-order valence-corrected chi connectivity index (χ1v) is 6.16. The van der Waals surface area contributed by atoms with Gasteiger partial charge in [0, 0.05) is 12.1 Å². The van der Waals surface area contributed by atoms with Gasteiger partial charge in [-0.3, -0.25) is 4.79 Å². The molecule has 0 aromatic heterocycles. The third-order valence-electron chi connectivity index (χ3n) is 3.53. The zero-order chi connectivity index (χ0) is 11.3. The van der Waals surface area contributed by atoms with Crippen LogP contribution in [0, 0.1) is 5.92 Å². The fraction of sp³-hybridized carbons (Fsp3) is 0.917. The zero-order valence-electron chi connectivity index (χ0n) is 9.83. The summed E-state index contributed by atoms with van der Waals surface area (Å²) in [5, 5.41) is 12.5. The maximum Gasteiger partial charge on any atom is 0.306 e. The SMILES string of the molecule is CCC(CC)NC1CCC(C(=O)O)CC1. The quantitative estimate of drug-likeness (QED) is 0.737. The van der Waals surface area contributed by atoms with Gasteiger partial charge in [-0.1, -0.05) is 13.8 Å². The summed E-state index contributed by atoms with van der Waals surface area (Å²) >= 11 is 0. The molecule has 0 saturated heterocycles. The van der Waals surface area contributed by atoms with Gasteiger partial charge in [0.1, 0.15) is 0 Å². The summed E-state index contributed by atoms with van der Waals surface area (Å²) in [6, 6.07) is 1.15. The number of carboxylic acids is 1. The normalized spacial score (nSPS) is 26.9. The second kappa shape index (κ2) is 6.11. The lowest BCUT2D eigenvalue weighted by molar-refractivity contribution is -0.142. The Bertz CT molecular complexity index is 194. The molecule has 0 spiro atoms. The predicted octanol–water partition coefficient (Wildman–Crippen LogP) is 2.41. The second-order valence-electron chi connectivity index (χ2n) is 4.57. The molecule has 3 nitrogen and oxygen atoms in total. The molecule has 0 radical (unpaired) electrons. The minimum absolute atomic E-state index is 0.0928. The highest BCUT2D eigenvalue weighted by Gasteiger charge is 2.26. The molecule has 0 amide bonds. The molecule has 0 heterocycles. The molecular formula is C12H23NO2. The van der Waals surface area contributed by atoms with Crippen molar-refractivity contribution in [2.24, 2.45) is 5.92 Å². The number of carbonyl (C=O) groups is 1. The molecule has 88 valence electrons. The number of nitrogens with one attached hydrogen (secondary N) is 1. The Kier molecular flexibility index (Phi) is 5.09. The van der Waals surface area contributed by atoms with Crippen LogP contribution in [0.5, 0.6) is 0 Å². The topological polar surface area (TPSA) is 49.3 Å². The Labute approximate surface area is 92.3 Å². The van der Waals surface area contributed by atoms with Crippen LogP contribution in [0.1, 0.15) is 52.4 Å². The second-order valence-corrected chi connectivity index (χ2v) is 4.57. The van der Waals surface area contributed by atoms with Crippen LogP contribution < -0.4 is 5.32 Å². The molecule has 0 aromatic carbocycles. The molecule has 0 aliphatic heterocycles. The number of hydrogen-bond donors (Lipinski definition) is 2. The summed E-state index contributed by atoms with van der Waals surface area (Å²) in [6.07, 6.45) is 6.05. The van der Waals surface area contributed by atoms with Crippen LogP contribution in [0.15, 0.2) is 0 Å². The Morgan fingerprint density at radius 1 is 1.27 bits per heavy atom. The van der Waals surface area contributed by atoms with Crippen molar-refractivity contribution in [1.29, 1.82) is 0 Å². The molecule has 1 saturated carbocycles. The van der Waals surface area contributed by atoms with Crippen molar-refractivity contribution in [3.05, 3.63) is 0 Å². The van der Waals surface area contributed by atoms with Crippen LogP contribution in [-0.2, 0) is 4.79 Å². The Hall–Kier alpha value is -0.570. The standard InChI is InChI=1S/C12H23NO2/c1-3-10(4-2)13-11-7-5-9(6-8-11)12(14)15/h9-11,13H,3-8H2,1-2H3,(H,14,15). The minimum atomic E-state index is -0.615. The molecule has 0 unspecified atom stereocenters. The first kappa shape index (κ1) is 12.5. The van der Waals surface area contributed by atoms with Crippen LogP contribution in [0.4, 0.5) is 0 Å². The highest BCUT2D eigenvalue weighted by atomic mass is 16.4. The molecule has 15 heavy (non-hydrogen) atoms. The van der Waals surface area contributed by atoms with Crippen LogP contribution in [-0.4, -0.2) is 23.2 Å². The largest absolute Gasteiger partial charge is 0.481 e. The molecule has 0 atom stereocenters. The van der Waals surface area contributed by atoms with Crippen LogP contribution in [0.3, 0.4) is 0 Å². The third-order valence-corrected chi connectivity index (χ3v) is 3.53. The van der Waals surface area contributed by atoms with Crippen molar-refractivity contribution in [1.82, 2.24) is 5.32 Å². The van der Waals surface area contributed by atoms with E-state index in [2.05, 4.69) is 19.2 Å². The lowest BCUT2D eigenvalue weighted by atomic mass is 9.85. The van der Waals surface area contributed by atoms with E-state index in [1.54, 1.807) is 0 Å². The molecule has 3 heteroatoms. The average molecular weight is 213 g/mol. The summed E-state index contributed by atoms with van der Waals surface area (Å²) in [5.41, 5.74) is 0. The average Bonchev–Trinajstić information content (AvgIpc) is 2.26. The molecule has 0 bridgehead atoms. The fourth-order valence-electron chi connectivity index (χ4n) is 2.36. The van der Waals surface area contributed by atoms with Crippen molar-refractivity contribution < 1.29 is 9.90 Å². The predicted molar refractivity (Wildman–Crippen MR) is 60.9 cm³/mol. The van der Waals surface area contributed by atoms with E-state index < -0.39 is 5.97 Å². The molecule has 1 aliphatic carbocycles. The van der Waals surface area contributed by atoms with Gasteiger partial charge in [-0.15, -0.1) is 0 Å². The van der Waals surface area contributed by atoms with Crippen molar-refractivity contribution in [3.8, 4) is 0 Å². The van der Waals surface area contributed by atoms with E-state index in [1.807, 2.05) is 0 Å². The van der Waals surface area contributed by atoms with Crippen molar-refractivity contribution in [2.45, 2.75) is 64.5 Å². The van der Waals surface area contributed by atoms with Gasteiger partial charge in [-0.25, -0.2) is 0 Å². The van der Waals surface area contributed by atoms with Crippen molar-refractivity contribution in [2.75, 3.05) is 0 Å². The maximum absolute atomic E-state index is 10.8. The molecule has 0 aromatic rings. The molecule has 1 aliphatic rings. The van der Waals surface area contributed by atoms with Crippen LogP contribution in [0.25, 0.3) is 0 Å². The van der Waals surface area contributed by atoms with E-state index in [1.165, 1.54) is 0 Å². The highest BCUT2D eigenvalue weighted by molar-refractivity contribution is 5.70. The van der Waals surface area contributed by atoms with Crippen molar-refractivity contribution >= 4 is 5.97 Å². The Morgan fingerprint density at radius 3 is 2.20 bits per heavy atom. The molecule has 1 fully saturated rings. The lowest BCUT2D eigenvalue weighted by Crippen LogP contribution is -2.40. The molecule has 2 N–H and O–H groups in total. The van der Waals surface area contributed by atoms with Gasteiger partial charge < -0.3 is 10.4 Å². The zero-order valence-corrected chi connectivity index (χ0v) is 9.83. The third kappa shape index (κ3) is 3.82. The fourth-order valence-corrected chi connectivity index (χ4v) is 2.36. The van der Waals surface area contributed by atoms with Crippen LogP contribution in [0.2, 0.25) is 0 Å². The number of carboxylic acid groups (broad SMARTS) is 1. The van der Waals surface area contributed by atoms with Gasteiger partial charge in [-0.2, -0.15) is 0 Å². The summed E-state index contributed by atoms with van der Waals surface area (Å²) in [7, 11) is 0. The van der Waals surface area contributed by atoms with Gasteiger partial charge in [0.2, 0.25) is 0 Å². The summed E-state index contributed by atoms with van der Waals surface area (Å²) < 4.78 is 0. The van der Waals surface area contributed by atoms with E-state index in [0.717, 1.165) is 38.5 Å². The number of aliphatic carboxylic acids is 1. The van der Waals surface area contributed by atoms with E-state index in [4.69, 9.17) is 5.11 Å². The van der Waals surface area contributed by atoms with Gasteiger partial charge in [0.15, 0.2) is 0 Å². The van der Waals surface area contributed by atoms with Gasteiger partial charge in [0.05, 0.1) is 5.92 Å². The number of hydrogen-bond acceptors (Lipinski definition) is 2.